The Kier molecular flexibility index (Phi) is 6.98. The molecule has 0 N–H and O–H groups in total. The second kappa shape index (κ2) is 9.94. The Hall–Kier alpha value is -3.25. The van der Waals surface area contributed by atoms with Gasteiger partial charge in [-0.2, -0.15) is 19.9 Å². The predicted molar refractivity (Wildman–Crippen MR) is 129 cm³/mol. The number of para-hydroxylation sites is 1. The van der Waals surface area contributed by atoms with Crippen LogP contribution in [0.4, 0.5) is 17.6 Å². The number of aliphatic imine (C=N–C) groups is 1. The highest BCUT2D eigenvalue weighted by Crippen LogP contribution is 2.31. The SMILES string of the molecule is C=Nc1nc(-c2noc(C3CCN(S(=O)(=O)C(C)CC)CC3)n2)nc(N(C)c2ccccc2)n1. The smallest absolute Gasteiger partial charge is 0.254 e. The number of piperidine rings is 1. The summed E-state index contributed by atoms with van der Waals surface area (Å²) >= 11 is 0. The van der Waals surface area contributed by atoms with Crippen LogP contribution in [0, 0.1) is 0 Å². The molecular formula is C22H28N8O3S. The molecular weight excluding hydrogens is 456 g/mol. The lowest BCUT2D eigenvalue weighted by molar-refractivity contribution is 0.269. The molecule has 0 spiro atoms. The summed E-state index contributed by atoms with van der Waals surface area (Å²) in [5.41, 5.74) is 0.891. The molecule has 0 aliphatic carbocycles. The number of rotatable bonds is 8. The first-order valence-electron chi connectivity index (χ1n) is 11.2. The number of hydrogen-bond donors (Lipinski definition) is 0. The third-order valence-electron chi connectivity index (χ3n) is 6.08. The van der Waals surface area contributed by atoms with E-state index in [1.807, 2.05) is 44.3 Å². The van der Waals surface area contributed by atoms with Crippen LogP contribution in [0.3, 0.4) is 0 Å². The largest absolute Gasteiger partial charge is 0.339 e. The zero-order chi connectivity index (χ0) is 24.3. The number of sulfonamides is 1. The molecule has 180 valence electrons. The second-order valence-corrected chi connectivity index (χ2v) is 10.6. The average Bonchev–Trinajstić information content (AvgIpc) is 3.38. The number of benzene rings is 1. The molecule has 1 aromatic carbocycles. The number of hydrogen-bond acceptors (Lipinski definition) is 10. The molecule has 1 atom stereocenters. The van der Waals surface area contributed by atoms with Gasteiger partial charge in [-0.1, -0.05) is 30.3 Å². The first-order valence-corrected chi connectivity index (χ1v) is 12.7. The van der Waals surface area contributed by atoms with Gasteiger partial charge < -0.3 is 9.42 Å². The fourth-order valence-electron chi connectivity index (χ4n) is 3.76. The number of aromatic nitrogens is 5. The maximum atomic E-state index is 12.6. The minimum atomic E-state index is -3.28. The molecule has 12 heteroatoms. The summed E-state index contributed by atoms with van der Waals surface area (Å²) in [5.74, 6) is 1.38. The van der Waals surface area contributed by atoms with Gasteiger partial charge in [0.25, 0.3) is 5.95 Å². The lowest BCUT2D eigenvalue weighted by Gasteiger charge is -2.31. The summed E-state index contributed by atoms with van der Waals surface area (Å²) in [7, 11) is -1.44. The zero-order valence-electron chi connectivity index (χ0n) is 19.5. The Bertz CT molecular complexity index is 1240. The van der Waals surface area contributed by atoms with Gasteiger partial charge in [-0.15, -0.1) is 0 Å². The minimum Gasteiger partial charge on any atom is -0.339 e. The number of anilines is 2. The van der Waals surface area contributed by atoms with Crippen LogP contribution in [0.25, 0.3) is 11.6 Å². The molecule has 11 nitrogen and oxygen atoms in total. The first-order chi connectivity index (χ1) is 16.3. The molecule has 1 saturated heterocycles. The van der Waals surface area contributed by atoms with E-state index in [2.05, 4.69) is 36.8 Å². The standard InChI is InChI=1S/C22H28N8O3S/c1-5-15(2)34(31,32)30-13-11-16(12-14-30)20-24-19(28-33-20)18-25-21(23-3)27-22(26-18)29(4)17-9-7-6-8-10-17/h6-10,15-16H,3,5,11-14H2,1-2,4H3. The van der Waals surface area contributed by atoms with E-state index in [1.54, 1.807) is 16.1 Å². The van der Waals surface area contributed by atoms with Crippen LogP contribution in [0.5, 0.6) is 0 Å². The zero-order valence-corrected chi connectivity index (χ0v) is 20.3. The van der Waals surface area contributed by atoms with Crippen LogP contribution >= 0.6 is 0 Å². The molecule has 34 heavy (non-hydrogen) atoms. The Morgan fingerprint density at radius 3 is 2.50 bits per heavy atom. The minimum absolute atomic E-state index is 0.0325. The average molecular weight is 485 g/mol. The van der Waals surface area contributed by atoms with Crippen LogP contribution in [-0.2, 0) is 10.0 Å². The van der Waals surface area contributed by atoms with Crippen molar-refractivity contribution in [3.05, 3.63) is 36.2 Å². The summed E-state index contributed by atoms with van der Waals surface area (Å²) in [6.07, 6.45) is 1.80. The van der Waals surface area contributed by atoms with Gasteiger partial charge in [0.15, 0.2) is 0 Å². The van der Waals surface area contributed by atoms with E-state index >= 15 is 0 Å². The van der Waals surface area contributed by atoms with Crippen LogP contribution in [0.1, 0.15) is 44.9 Å². The molecule has 3 aromatic rings. The normalized spacial score (nSPS) is 16.3. The van der Waals surface area contributed by atoms with Crippen molar-refractivity contribution in [3.8, 4) is 11.6 Å². The highest BCUT2D eigenvalue weighted by Gasteiger charge is 2.33. The lowest BCUT2D eigenvalue weighted by atomic mass is 9.98. The van der Waals surface area contributed by atoms with E-state index in [0.29, 0.717) is 44.2 Å². The molecule has 4 rings (SSSR count). The third-order valence-corrected chi connectivity index (χ3v) is 8.52. The molecule has 2 aromatic heterocycles. The lowest BCUT2D eigenvalue weighted by Crippen LogP contribution is -2.42. The molecule has 0 amide bonds. The van der Waals surface area contributed by atoms with Gasteiger partial charge in [0, 0.05) is 31.7 Å². The van der Waals surface area contributed by atoms with Crippen molar-refractivity contribution in [2.45, 2.75) is 44.3 Å². The molecule has 1 aliphatic rings. The van der Waals surface area contributed by atoms with Crippen LogP contribution in [0.2, 0.25) is 0 Å². The molecule has 0 bridgehead atoms. The monoisotopic (exact) mass is 484 g/mol. The fraction of sp³-hybridized carbons (Fsp3) is 0.455. The second-order valence-electron chi connectivity index (χ2n) is 8.21. The van der Waals surface area contributed by atoms with Crippen LogP contribution in [0.15, 0.2) is 39.8 Å². The Morgan fingerprint density at radius 2 is 1.85 bits per heavy atom. The van der Waals surface area contributed by atoms with Gasteiger partial charge >= 0.3 is 0 Å². The molecule has 0 radical (unpaired) electrons. The van der Waals surface area contributed by atoms with Gasteiger partial charge in [0.2, 0.25) is 33.5 Å². The van der Waals surface area contributed by atoms with E-state index in [9.17, 15) is 8.42 Å². The Balaban J connectivity index is 1.53. The van der Waals surface area contributed by atoms with Crippen molar-refractivity contribution in [2.75, 3.05) is 25.0 Å². The maximum Gasteiger partial charge on any atom is 0.254 e. The predicted octanol–water partition coefficient (Wildman–Crippen LogP) is 3.33. The number of nitrogens with zero attached hydrogens (tertiary/aromatic N) is 8. The molecule has 1 fully saturated rings. The maximum absolute atomic E-state index is 12.6. The van der Waals surface area contributed by atoms with Crippen LogP contribution in [-0.4, -0.2) is 69.9 Å². The third kappa shape index (κ3) is 4.82. The summed E-state index contributed by atoms with van der Waals surface area (Å²) in [6, 6.07) is 9.64. The Morgan fingerprint density at radius 1 is 1.15 bits per heavy atom. The van der Waals surface area contributed by atoms with Gasteiger partial charge in [-0.25, -0.2) is 17.7 Å². The van der Waals surface area contributed by atoms with E-state index in [4.69, 9.17) is 4.52 Å². The summed E-state index contributed by atoms with van der Waals surface area (Å²) in [6.45, 7) is 8.01. The summed E-state index contributed by atoms with van der Waals surface area (Å²) in [5, 5.41) is 3.68. The summed E-state index contributed by atoms with van der Waals surface area (Å²) < 4.78 is 32.3. The van der Waals surface area contributed by atoms with Gasteiger partial charge in [-0.05, 0) is 45.0 Å². The van der Waals surface area contributed by atoms with E-state index in [-0.39, 0.29) is 23.5 Å². The van der Waals surface area contributed by atoms with E-state index < -0.39 is 15.3 Å². The van der Waals surface area contributed by atoms with Crippen molar-refractivity contribution in [3.63, 3.8) is 0 Å². The highest BCUT2D eigenvalue weighted by atomic mass is 32.2. The first kappa shape index (κ1) is 23.9. The Labute approximate surface area is 199 Å². The van der Waals surface area contributed by atoms with Crippen molar-refractivity contribution < 1.29 is 12.9 Å². The molecule has 1 unspecified atom stereocenters. The van der Waals surface area contributed by atoms with Crippen molar-refractivity contribution in [2.24, 2.45) is 4.99 Å². The van der Waals surface area contributed by atoms with Crippen molar-refractivity contribution >= 4 is 34.3 Å². The van der Waals surface area contributed by atoms with Gasteiger partial charge in [0.1, 0.15) is 0 Å². The van der Waals surface area contributed by atoms with Crippen LogP contribution < -0.4 is 4.90 Å². The fourth-order valence-corrected chi connectivity index (χ4v) is 5.41. The molecule has 0 saturated carbocycles. The topological polar surface area (TPSA) is 131 Å². The summed E-state index contributed by atoms with van der Waals surface area (Å²) in [4.78, 5) is 23.3. The highest BCUT2D eigenvalue weighted by molar-refractivity contribution is 7.89. The van der Waals surface area contributed by atoms with Gasteiger partial charge in [-0.3, -0.25) is 0 Å². The van der Waals surface area contributed by atoms with E-state index in [1.165, 1.54) is 0 Å². The quantitative estimate of drug-likeness (QED) is 0.442. The molecule has 1 aliphatic heterocycles. The van der Waals surface area contributed by atoms with Gasteiger partial charge in [0.05, 0.1) is 5.25 Å². The van der Waals surface area contributed by atoms with E-state index in [0.717, 1.165) is 5.69 Å². The molecule has 3 heterocycles. The van der Waals surface area contributed by atoms with Crippen molar-refractivity contribution in [1.29, 1.82) is 0 Å². The van der Waals surface area contributed by atoms with Crippen molar-refractivity contribution in [1.82, 2.24) is 29.4 Å².